The minimum atomic E-state index is -0.145. The van der Waals surface area contributed by atoms with Crippen LogP contribution in [0.15, 0.2) is 54.3 Å². The number of ketones is 1. The Labute approximate surface area is 209 Å². The zero-order valence-corrected chi connectivity index (χ0v) is 20.6. The number of halogens is 1. The molecule has 2 aliphatic rings. The molecule has 2 aliphatic heterocycles. The van der Waals surface area contributed by atoms with Crippen molar-refractivity contribution < 1.29 is 23.7 Å². The summed E-state index contributed by atoms with van der Waals surface area (Å²) in [6.07, 6.45) is 2.52. The Bertz CT molecular complexity index is 1330. The summed E-state index contributed by atoms with van der Waals surface area (Å²) < 4.78 is 22.8. The SMILES string of the molecule is COc1ccc(CCN2COc3c(cc4c(c3C)O/C(=C\c3ccccc3Cl)C4=O)C2)cc1OC. The maximum Gasteiger partial charge on any atom is 0.231 e. The number of ether oxygens (including phenoxy) is 4. The first kappa shape index (κ1) is 23.3. The van der Waals surface area contributed by atoms with Crippen LogP contribution in [0.5, 0.6) is 23.0 Å². The van der Waals surface area contributed by atoms with Crippen molar-refractivity contribution in [2.24, 2.45) is 0 Å². The van der Waals surface area contributed by atoms with Crippen LogP contribution in [0.1, 0.15) is 32.6 Å². The Hall–Kier alpha value is -3.48. The van der Waals surface area contributed by atoms with Gasteiger partial charge in [-0.3, -0.25) is 9.69 Å². The fourth-order valence-electron chi connectivity index (χ4n) is 4.50. The lowest BCUT2D eigenvalue weighted by molar-refractivity contribution is 0.0953. The molecule has 0 unspecified atom stereocenters. The maximum atomic E-state index is 13.1. The fourth-order valence-corrected chi connectivity index (χ4v) is 4.69. The molecule has 0 saturated carbocycles. The van der Waals surface area contributed by atoms with Crippen LogP contribution in [0.2, 0.25) is 5.02 Å². The highest BCUT2D eigenvalue weighted by Crippen LogP contribution is 2.43. The van der Waals surface area contributed by atoms with E-state index in [1.54, 1.807) is 26.4 Å². The van der Waals surface area contributed by atoms with Crippen LogP contribution in [0.25, 0.3) is 6.08 Å². The third-order valence-corrected chi connectivity index (χ3v) is 6.70. The van der Waals surface area contributed by atoms with Gasteiger partial charge >= 0.3 is 0 Å². The van der Waals surface area contributed by atoms with E-state index >= 15 is 0 Å². The van der Waals surface area contributed by atoms with Crippen LogP contribution in [0.3, 0.4) is 0 Å². The van der Waals surface area contributed by atoms with Gasteiger partial charge in [-0.15, -0.1) is 0 Å². The van der Waals surface area contributed by atoms with E-state index in [4.69, 9.17) is 30.5 Å². The smallest absolute Gasteiger partial charge is 0.231 e. The third kappa shape index (κ3) is 4.47. The first-order valence-electron chi connectivity index (χ1n) is 11.4. The van der Waals surface area contributed by atoms with Gasteiger partial charge in [0, 0.05) is 29.2 Å². The second-order valence-corrected chi connectivity index (χ2v) is 9.00. The molecule has 35 heavy (non-hydrogen) atoms. The molecule has 0 atom stereocenters. The molecule has 7 heteroatoms. The van der Waals surface area contributed by atoms with E-state index in [9.17, 15) is 4.79 Å². The zero-order valence-electron chi connectivity index (χ0n) is 19.9. The predicted octanol–water partition coefficient (Wildman–Crippen LogP) is 5.68. The summed E-state index contributed by atoms with van der Waals surface area (Å²) in [4.78, 5) is 15.4. The molecule has 0 spiro atoms. The van der Waals surface area contributed by atoms with Crippen molar-refractivity contribution in [1.29, 1.82) is 0 Å². The average Bonchev–Trinajstić information content (AvgIpc) is 3.19. The van der Waals surface area contributed by atoms with E-state index in [0.29, 0.717) is 35.4 Å². The van der Waals surface area contributed by atoms with E-state index in [0.717, 1.165) is 46.7 Å². The molecular weight excluding hydrogens is 466 g/mol. The molecule has 0 bridgehead atoms. The molecule has 0 aliphatic carbocycles. The monoisotopic (exact) mass is 491 g/mol. The van der Waals surface area contributed by atoms with Gasteiger partial charge in [-0.05, 0) is 54.8 Å². The molecule has 0 aromatic heterocycles. The van der Waals surface area contributed by atoms with Crippen molar-refractivity contribution in [3.8, 4) is 23.0 Å². The average molecular weight is 492 g/mol. The van der Waals surface area contributed by atoms with Crippen LogP contribution in [-0.2, 0) is 13.0 Å². The van der Waals surface area contributed by atoms with Crippen LogP contribution < -0.4 is 18.9 Å². The highest BCUT2D eigenvalue weighted by molar-refractivity contribution is 6.32. The lowest BCUT2D eigenvalue weighted by Crippen LogP contribution is -2.34. The van der Waals surface area contributed by atoms with E-state index < -0.39 is 0 Å². The van der Waals surface area contributed by atoms with Crippen LogP contribution in [-0.4, -0.2) is 38.2 Å². The molecular formula is C28H26ClNO5. The van der Waals surface area contributed by atoms with Gasteiger partial charge < -0.3 is 18.9 Å². The van der Waals surface area contributed by atoms with Crippen molar-refractivity contribution in [1.82, 2.24) is 4.90 Å². The van der Waals surface area contributed by atoms with Gasteiger partial charge in [0.25, 0.3) is 0 Å². The first-order valence-corrected chi connectivity index (χ1v) is 11.8. The summed E-state index contributed by atoms with van der Waals surface area (Å²) in [7, 11) is 3.27. The van der Waals surface area contributed by atoms with Crippen LogP contribution in [0.4, 0.5) is 0 Å². The van der Waals surface area contributed by atoms with Gasteiger partial charge in [0.2, 0.25) is 5.78 Å². The number of carbonyl (C=O) groups excluding carboxylic acids is 1. The zero-order chi connectivity index (χ0) is 24.5. The molecule has 0 N–H and O–H groups in total. The normalized spacial score (nSPS) is 15.9. The second kappa shape index (κ2) is 9.64. The standard InChI is InChI=1S/C28H26ClNO5/c1-17-27-20(13-21-26(31)25(35-28(17)21)14-19-6-4-5-7-22(19)29)15-30(16-34-27)11-10-18-8-9-23(32-2)24(12-18)33-3/h4-9,12-14H,10-11,15-16H2,1-3H3/b25-14-. The quantitative estimate of drug-likeness (QED) is 0.414. The number of hydrogen-bond acceptors (Lipinski definition) is 6. The number of hydrogen-bond donors (Lipinski definition) is 0. The fraction of sp³-hybridized carbons (Fsp3) is 0.250. The van der Waals surface area contributed by atoms with Gasteiger partial charge in [0.15, 0.2) is 17.3 Å². The summed E-state index contributed by atoms with van der Waals surface area (Å²) in [5.41, 5.74) is 4.27. The Balaban J connectivity index is 1.33. The van der Waals surface area contributed by atoms with Crippen molar-refractivity contribution in [3.63, 3.8) is 0 Å². The molecule has 0 fully saturated rings. The number of carbonyl (C=O) groups is 1. The maximum absolute atomic E-state index is 13.1. The molecule has 6 nitrogen and oxygen atoms in total. The Morgan fingerprint density at radius 3 is 2.63 bits per heavy atom. The van der Waals surface area contributed by atoms with Crippen molar-refractivity contribution in [3.05, 3.63) is 87.1 Å². The summed E-state index contributed by atoms with van der Waals surface area (Å²) in [5, 5.41) is 0.567. The molecule has 5 rings (SSSR count). The largest absolute Gasteiger partial charge is 0.493 e. The summed E-state index contributed by atoms with van der Waals surface area (Å²) in [6, 6.07) is 15.2. The molecule has 180 valence electrons. The third-order valence-electron chi connectivity index (χ3n) is 6.36. The highest BCUT2D eigenvalue weighted by Gasteiger charge is 2.33. The molecule has 3 aromatic rings. The first-order chi connectivity index (χ1) is 17.0. The van der Waals surface area contributed by atoms with Crippen LogP contribution >= 0.6 is 11.6 Å². The minimum Gasteiger partial charge on any atom is -0.493 e. The topological polar surface area (TPSA) is 57.2 Å². The van der Waals surface area contributed by atoms with Gasteiger partial charge in [-0.25, -0.2) is 0 Å². The van der Waals surface area contributed by atoms with Gasteiger partial charge in [0.05, 0.1) is 19.8 Å². The Morgan fingerprint density at radius 1 is 1.06 bits per heavy atom. The molecule has 0 amide bonds. The van der Waals surface area contributed by atoms with Crippen LogP contribution in [0, 0.1) is 6.92 Å². The predicted molar refractivity (Wildman–Crippen MR) is 135 cm³/mol. The number of nitrogens with zero attached hydrogens (tertiary/aromatic N) is 1. The van der Waals surface area contributed by atoms with E-state index in [1.165, 1.54) is 0 Å². The van der Waals surface area contributed by atoms with Crippen molar-refractivity contribution >= 4 is 23.5 Å². The van der Waals surface area contributed by atoms with Gasteiger partial charge in [-0.2, -0.15) is 0 Å². The van der Waals surface area contributed by atoms with Crippen molar-refractivity contribution in [2.75, 3.05) is 27.5 Å². The van der Waals surface area contributed by atoms with Gasteiger partial charge in [0.1, 0.15) is 18.2 Å². The molecule has 2 heterocycles. The Kier molecular flexibility index (Phi) is 6.41. The number of rotatable bonds is 6. The minimum absolute atomic E-state index is 0.145. The number of methoxy groups -OCH3 is 2. The lowest BCUT2D eigenvalue weighted by Gasteiger charge is -2.30. The molecule has 0 radical (unpaired) electrons. The summed E-state index contributed by atoms with van der Waals surface area (Å²) in [5.74, 6) is 2.90. The highest BCUT2D eigenvalue weighted by atomic mass is 35.5. The number of Topliss-reactive ketones (excluding diaryl/α,β-unsaturated/α-hetero) is 1. The van der Waals surface area contributed by atoms with Crippen molar-refractivity contribution in [2.45, 2.75) is 19.9 Å². The van der Waals surface area contributed by atoms with E-state index in [2.05, 4.69) is 4.90 Å². The lowest BCUT2D eigenvalue weighted by atomic mass is 10.00. The van der Waals surface area contributed by atoms with Gasteiger partial charge in [-0.1, -0.05) is 35.9 Å². The summed E-state index contributed by atoms with van der Waals surface area (Å²) in [6.45, 7) is 3.89. The summed E-state index contributed by atoms with van der Waals surface area (Å²) >= 11 is 6.27. The van der Waals surface area contributed by atoms with E-state index in [-0.39, 0.29) is 11.5 Å². The molecule has 0 saturated heterocycles. The number of fused-ring (bicyclic) bond motifs is 2. The Morgan fingerprint density at radius 2 is 1.86 bits per heavy atom. The van der Waals surface area contributed by atoms with E-state index in [1.807, 2.05) is 49.4 Å². The number of benzene rings is 3. The second-order valence-electron chi connectivity index (χ2n) is 8.59. The number of allylic oxidation sites excluding steroid dienone is 1. The molecule has 3 aromatic carbocycles.